The molecule has 1 aliphatic rings. The fourth-order valence-electron chi connectivity index (χ4n) is 2.90. The van der Waals surface area contributed by atoms with Crippen LogP contribution >= 0.6 is 39.5 Å². The summed E-state index contributed by atoms with van der Waals surface area (Å²) < 4.78 is 2.00. The number of quaternary nitrogens is 2. The van der Waals surface area contributed by atoms with Gasteiger partial charge < -0.3 is 13.9 Å². The van der Waals surface area contributed by atoms with Crippen molar-refractivity contribution in [2.24, 2.45) is 0 Å². The third kappa shape index (κ3) is 6.65. The van der Waals surface area contributed by atoms with Gasteiger partial charge >= 0.3 is 0 Å². The number of thioether (sulfide) groups is 2. The Kier molecular flexibility index (Phi) is 7.22. The Bertz CT molecular complexity index is 569. The lowest BCUT2D eigenvalue weighted by Crippen LogP contribution is -2.41. The van der Waals surface area contributed by atoms with Crippen molar-refractivity contribution < 1.29 is 8.97 Å². The molecule has 25 heavy (non-hydrogen) atoms. The van der Waals surface area contributed by atoms with E-state index in [2.05, 4.69) is 87.4 Å². The van der Waals surface area contributed by atoms with Crippen LogP contribution in [0.4, 0.5) is 5.69 Å². The number of fused-ring (bicyclic) bond motifs is 1. The predicted octanol–water partition coefficient (Wildman–Crippen LogP) is 4.53. The first-order chi connectivity index (χ1) is 11.5. The zero-order valence-corrected chi connectivity index (χ0v) is 19.8. The van der Waals surface area contributed by atoms with Gasteiger partial charge in [-0.15, -0.1) is 11.8 Å². The Morgan fingerprint density at radius 1 is 1.00 bits per heavy atom. The van der Waals surface area contributed by atoms with E-state index in [-0.39, 0.29) is 3.11 Å². The number of nitrogens with zero attached hydrogens (tertiary/aromatic N) is 3. The van der Waals surface area contributed by atoms with Crippen LogP contribution in [0, 0.1) is 0 Å². The Labute approximate surface area is 171 Å². The lowest BCUT2D eigenvalue weighted by Gasteiger charge is -2.35. The minimum atomic E-state index is -0.0630. The van der Waals surface area contributed by atoms with Gasteiger partial charge in [0.05, 0.1) is 61.1 Å². The van der Waals surface area contributed by atoms with E-state index < -0.39 is 0 Å². The summed E-state index contributed by atoms with van der Waals surface area (Å²) >= 11 is 8.09. The maximum Gasteiger partial charge on any atom is 0.194 e. The average molecular weight is 449 g/mol. The van der Waals surface area contributed by atoms with Gasteiger partial charge in [-0.3, -0.25) is 0 Å². The van der Waals surface area contributed by atoms with Crippen molar-refractivity contribution in [1.82, 2.24) is 0 Å². The molecule has 0 N–H and O–H groups in total. The molecular formula is C19H34BrN3S2+2. The third-order valence-electron chi connectivity index (χ3n) is 4.18. The lowest BCUT2D eigenvalue weighted by molar-refractivity contribution is -0.870. The van der Waals surface area contributed by atoms with Gasteiger partial charge in [-0.1, -0.05) is 23.9 Å². The van der Waals surface area contributed by atoms with Crippen molar-refractivity contribution in [3.63, 3.8) is 0 Å². The molecule has 1 aromatic carbocycles. The van der Waals surface area contributed by atoms with Crippen molar-refractivity contribution in [2.45, 2.75) is 20.8 Å². The van der Waals surface area contributed by atoms with Crippen molar-refractivity contribution in [2.75, 3.05) is 72.6 Å². The van der Waals surface area contributed by atoms with E-state index in [4.69, 9.17) is 0 Å². The average Bonchev–Trinajstić information content (AvgIpc) is 2.74. The number of benzene rings is 1. The van der Waals surface area contributed by atoms with E-state index in [0.29, 0.717) is 0 Å². The highest BCUT2D eigenvalue weighted by atomic mass is 79.9. The number of hydrogen-bond acceptors (Lipinski definition) is 3. The number of rotatable bonds is 9. The number of halogens is 1. The summed E-state index contributed by atoms with van der Waals surface area (Å²) in [5.41, 5.74) is 1.38. The fraction of sp³-hybridized carbons (Fsp3) is 0.684. The van der Waals surface area contributed by atoms with E-state index in [1.165, 1.54) is 42.3 Å². The molecule has 0 bridgehead atoms. The Hall–Kier alpha value is 0.120. The van der Waals surface area contributed by atoms with Crippen molar-refractivity contribution in [3.8, 4) is 0 Å². The molecule has 0 aliphatic carbocycles. The van der Waals surface area contributed by atoms with Crippen LogP contribution in [0.5, 0.6) is 0 Å². The largest absolute Gasteiger partial charge is 0.338 e. The zero-order valence-electron chi connectivity index (χ0n) is 16.6. The number of alkyl halides is 1. The standard InChI is InChI=1S/C19H34BrN3S2/c1-22(2,3)14-9-13-21-17-11-7-8-12-18(17)25-19(21,20)24-16-10-15-23(4,5)6/h7-8,11-12H,9-10,13-16H2,1-6H3/q+2. The molecule has 0 spiro atoms. The number of anilines is 1. The maximum absolute atomic E-state index is 4.10. The highest BCUT2D eigenvalue weighted by Gasteiger charge is 2.43. The zero-order chi connectivity index (χ0) is 18.7. The first-order valence-electron chi connectivity index (χ1n) is 9.00. The summed E-state index contributed by atoms with van der Waals surface area (Å²) in [5, 5.41) is 0. The van der Waals surface area contributed by atoms with Crippen molar-refractivity contribution >= 4 is 45.1 Å². The second kappa shape index (κ2) is 8.42. The van der Waals surface area contributed by atoms with Crippen molar-refractivity contribution in [3.05, 3.63) is 24.3 Å². The SMILES string of the molecule is C[N+](C)(C)CCCSC1(Br)Sc2ccccc2N1CCC[N+](C)(C)C. The lowest BCUT2D eigenvalue weighted by atomic mass is 10.2. The molecule has 0 saturated carbocycles. The minimum absolute atomic E-state index is 0.0630. The smallest absolute Gasteiger partial charge is 0.194 e. The third-order valence-corrected chi connectivity index (χ3v) is 8.49. The molecule has 0 aromatic heterocycles. The second-order valence-corrected chi connectivity index (χ2v) is 13.8. The van der Waals surface area contributed by atoms with Crippen molar-refractivity contribution in [1.29, 1.82) is 0 Å². The highest BCUT2D eigenvalue weighted by Crippen LogP contribution is 2.59. The van der Waals surface area contributed by atoms with E-state index in [1.54, 1.807) is 0 Å². The summed E-state index contributed by atoms with van der Waals surface area (Å²) in [4.78, 5) is 3.96. The first kappa shape index (κ1) is 21.4. The molecule has 0 radical (unpaired) electrons. The first-order valence-corrected chi connectivity index (χ1v) is 11.6. The Balaban J connectivity index is 2.01. The summed E-state index contributed by atoms with van der Waals surface area (Å²) in [7, 11) is 13.6. The van der Waals surface area contributed by atoms with Crippen LogP contribution in [-0.4, -0.2) is 79.8 Å². The van der Waals surface area contributed by atoms with Gasteiger partial charge in [0, 0.05) is 30.0 Å². The van der Waals surface area contributed by atoms with Crippen LogP contribution in [0.3, 0.4) is 0 Å². The van der Waals surface area contributed by atoms with Gasteiger partial charge in [0.25, 0.3) is 0 Å². The molecule has 0 amide bonds. The van der Waals surface area contributed by atoms with Crippen LogP contribution in [0.1, 0.15) is 12.8 Å². The van der Waals surface area contributed by atoms with Gasteiger partial charge in [0.2, 0.25) is 0 Å². The van der Waals surface area contributed by atoms with Crippen LogP contribution < -0.4 is 4.90 Å². The summed E-state index contributed by atoms with van der Waals surface area (Å²) in [6, 6.07) is 8.83. The van der Waals surface area contributed by atoms with Gasteiger partial charge in [-0.2, -0.15) is 0 Å². The van der Waals surface area contributed by atoms with Crippen LogP contribution in [0.25, 0.3) is 0 Å². The number of hydrogen-bond donors (Lipinski definition) is 0. The molecular weight excluding hydrogens is 414 g/mol. The molecule has 1 atom stereocenters. The van der Waals surface area contributed by atoms with E-state index in [9.17, 15) is 0 Å². The molecule has 1 unspecified atom stereocenters. The summed E-state index contributed by atoms with van der Waals surface area (Å²) in [6.07, 6.45) is 2.44. The molecule has 6 heteroatoms. The Morgan fingerprint density at radius 3 is 2.24 bits per heavy atom. The van der Waals surface area contributed by atoms with Gasteiger partial charge in [-0.25, -0.2) is 0 Å². The molecule has 142 valence electrons. The summed E-state index contributed by atoms with van der Waals surface area (Å²) in [6.45, 7) is 3.50. The Morgan fingerprint density at radius 2 is 1.60 bits per heavy atom. The fourth-order valence-corrected chi connectivity index (χ4v) is 6.91. The minimum Gasteiger partial charge on any atom is -0.338 e. The molecule has 1 aliphatic heterocycles. The molecule has 1 aromatic rings. The molecule has 0 fully saturated rings. The predicted molar refractivity (Wildman–Crippen MR) is 119 cm³/mol. The van der Waals surface area contributed by atoms with Gasteiger partial charge in [0.15, 0.2) is 3.11 Å². The topological polar surface area (TPSA) is 3.24 Å². The molecule has 3 nitrogen and oxygen atoms in total. The quantitative estimate of drug-likeness (QED) is 0.237. The van der Waals surface area contributed by atoms with E-state index in [1.807, 2.05) is 23.5 Å². The molecule has 2 rings (SSSR count). The normalized spacial score (nSPS) is 20.8. The monoisotopic (exact) mass is 447 g/mol. The number of para-hydroxylation sites is 1. The maximum atomic E-state index is 4.10. The molecule has 1 heterocycles. The van der Waals surface area contributed by atoms with E-state index in [0.717, 1.165) is 15.5 Å². The summed E-state index contributed by atoms with van der Waals surface area (Å²) in [5.74, 6) is 1.17. The van der Waals surface area contributed by atoms with E-state index >= 15 is 0 Å². The van der Waals surface area contributed by atoms with Crippen LogP contribution in [0.15, 0.2) is 29.2 Å². The highest BCUT2D eigenvalue weighted by molar-refractivity contribution is 9.14. The second-order valence-electron chi connectivity index (χ2n) is 8.81. The van der Waals surface area contributed by atoms with Gasteiger partial charge in [0.1, 0.15) is 0 Å². The molecule has 0 saturated heterocycles. The van der Waals surface area contributed by atoms with Crippen LogP contribution in [0.2, 0.25) is 0 Å². The van der Waals surface area contributed by atoms with Crippen LogP contribution in [-0.2, 0) is 0 Å². The van der Waals surface area contributed by atoms with Gasteiger partial charge in [-0.05, 0) is 28.1 Å².